The summed E-state index contributed by atoms with van der Waals surface area (Å²) in [6.45, 7) is 0. The smallest absolute Gasteiger partial charge is 0.328 e. The van der Waals surface area contributed by atoms with Gasteiger partial charge in [-0.1, -0.05) is 60.7 Å². The molecule has 0 atom stereocenters. The predicted molar refractivity (Wildman–Crippen MR) is 240 cm³/mol. The van der Waals surface area contributed by atoms with E-state index < -0.39 is 5.97 Å². The number of carboxylic acids is 1. The van der Waals surface area contributed by atoms with Crippen LogP contribution in [-0.2, 0) is 4.79 Å². The number of hydrogen-bond donors (Lipinski definition) is 1. The van der Waals surface area contributed by atoms with Crippen molar-refractivity contribution in [3.05, 3.63) is 184 Å². The summed E-state index contributed by atoms with van der Waals surface area (Å²) in [7, 11) is 6.69. The number of carbonyl (C=O) groups is 2. The average molecular weight is 819 g/mol. The van der Waals surface area contributed by atoms with Crippen molar-refractivity contribution >= 4 is 64.1 Å². The van der Waals surface area contributed by atoms with Crippen molar-refractivity contribution in [3.8, 4) is 23.0 Å². The highest BCUT2D eigenvalue weighted by Gasteiger charge is 2.24. The summed E-state index contributed by atoms with van der Waals surface area (Å²) in [5, 5.41) is 8.98. The molecular formula is C50H42O7S2. The van der Waals surface area contributed by atoms with E-state index >= 15 is 0 Å². The number of thioether (sulfide) groups is 2. The summed E-state index contributed by atoms with van der Waals surface area (Å²) in [5.74, 6) is 4.03. The van der Waals surface area contributed by atoms with Crippen molar-refractivity contribution in [2.45, 2.75) is 9.79 Å². The Labute approximate surface area is 353 Å². The fraction of sp³-hybridized carbons (Fsp3) is 0.120. The quantitative estimate of drug-likeness (QED) is 0.101. The predicted octanol–water partition coefficient (Wildman–Crippen LogP) is 11.4. The fourth-order valence-corrected chi connectivity index (χ4v) is 9.38. The Bertz CT molecular complexity index is 2590. The Balaban J connectivity index is 0.000000180. The van der Waals surface area contributed by atoms with Crippen LogP contribution in [0.3, 0.4) is 0 Å². The van der Waals surface area contributed by atoms with E-state index in [1.54, 1.807) is 58.0 Å². The number of benzene rings is 6. The van der Waals surface area contributed by atoms with Gasteiger partial charge >= 0.3 is 5.97 Å². The first-order valence-electron chi connectivity index (χ1n) is 18.8. The van der Waals surface area contributed by atoms with Gasteiger partial charge in [0.05, 0.1) is 28.4 Å². The van der Waals surface area contributed by atoms with Gasteiger partial charge in [0, 0.05) is 32.9 Å². The third-order valence-corrected chi connectivity index (χ3v) is 12.2. The number of aldehydes is 1. The second-order valence-electron chi connectivity index (χ2n) is 13.5. The Hall–Kier alpha value is -6.42. The summed E-state index contributed by atoms with van der Waals surface area (Å²) >= 11 is 3.59. The van der Waals surface area contributed by atoms with Crippen molar-refractivity contribution in [1.82, 2.24) is 0 Å². The van der Waals surface area contributed by atoms with E-state index in [0.29, 0.717) is 5.56 Å². The second kappa shape index (κ2) is 18.9. The summed E-state index contributed by atoms with van der Waals surface area (Å²) in [6, 6.07) is 44.3. The fourth-order valence-electron chi connectivity index (χ4n) is 7.11. The van der Waals surface area contributed by atoms with Gasteiger partial charge in [-0.3, -0.25) is 4.79 Å². The highest BCUT2D eigenvalue weighted by molar-refractivity contribution is 8.00. The number of carboxylic acid groups (broad SMARTS) is 1. The molecule has 296 valence electrons. The van der Waals surface area contributed by atoms with Gasteiger partial charge in [-0.2, -0.15) is 0 Å². The Morgan fingerprint density at radius 2 is 0.949 bits per heavy atom. The largest absolute Gasteiger partial charge is 0.497 e. The molecule has 0 aromatic heterocycles. The van der Waals surface area contributed by atoms with E-state index in [2.05, 4.69) is 60.7 Å². The van der Waals surface area contributed by atoms with Gasteiger partial charge in [-0.05, 0) is 140 Å². The van der Waals surface area contributed by atoms with Gasteiger partial charge in [-0.25, -0.2) is 4.79 Å². The first-order chi connectivity index (χ1) is 28.8. The Morgan fingerprint density at radius 3 is 1.37 bits per heavy atom. The average Bonchev–Trinajstić information content (AvgIpc) is 3.30. The minimum Gasteiger partial charge on any atom is -0.497 e. The van der Waals surface area contributed by atoms with Gasteiger partial charge in [0.15, 0.2) is 0 Å². The molecule has 8 rings (SSSR count). The number of carbonyl (C=O) groups excluding carboxylic acids is 1. The molecule has 2 aliphatic rings. The van der Waals surface area contributed by atoms with Crippen LogP contribution >= 0.6 is 23.5 Å². The lowest BCUT2D eigenvalue weighted by atomic mass is 9.89. The molecule has 6 aromatic rings. The Kier molecular flexibility index (Phi) is 13.1. The molecule has 0 saturated heterocycles. The lowest BCUT2D eigenvalue weighted by Gasteiger charge is -2.25. The molecule has 6 aromatic carbocycles. The topological polar surface area (TPSA) is 91.3 Å². The molecule has 0 radical (unpaired) electrons. The van der Waals surface area contributed by atoms with Crippen LogP contribution in [0, 0.1) is 0 Å². The highest BCUT2D eigenvalue weighted by atomic mass is 32.2. The lowest BCUT2D eigenvalue weighted by molar-refractivity contribution is -0.131. The monoisotopic (exact) mass is 818 g/mol. The normalized spacial score (nSPS) is 13.2. The van der Waals surface area contributed by atoms with E-state index in [1.807, 2.05) is 72.8 Å². The van der Waals surface area contributed by atoms with Gasteiger partial charge in [0.25, 0.3) is 0 Å². The summed E-state index contributed by atoms with van der Waals surface area (Å²) < 4.78 is 21.5. The van der Waals surface area contributed by atoms with E-state index in [9.17, 15) is 9.59 Å². The van der Waals surface area contributed by atoms with E-state index in [1.165, 1.54) is 16.0 Å². The molecule has 59 heavy (non-hydrogen) atoms. The molecule has 0 fully saturated rings. The highest BCUT2D eigenvalue weighted by Crippen LogP contribution is 2.47. The molecule has 0 amide bonds. The molecule has 0 spiro atoms. The van der Waals surface area contributed by atoms with Crippen LogP contribution in [-0.4, -0.2) is 57.3 Å². The molecule has 0 saturated carbocycles. The van der Waals surface area contributed by atoms with Crippen molar-refractivity contribution in [3.63, 3.8) is 0 Å². The molecule has 9 heteroatoms. The van der Waals surface area contributed by atoms with Gasteiger partial charge in [-0.15, -0.1) is 23.5 Å². The van der Waals surface area contributed by atoms with Crippen molar-refractivity contribution in [1.29, 1.82) is 0 Å². The number of methoxy groups -OCH3 is 4. The number of aliphatic carboxylic acids is 1. The molecule has 2 heterocycles. The minimum absolute atomic E-state index is 0.673. The van der Waals surface area contributed by atoms with Crippen LogP contribution in [0.4, 0.5) is 0 Å². The zero-order valence-electron chi connectivity index (χ0n) is 33.1. The number of ether oxygens (including phenoxy) is 4. The van der Waals surface area contributed by atoms with Crippen molar-refractivity contribution < 1.29 is 33.6 Å². The van der Waals surface area contributed by atoms with Crippen LogP contribution in [0.1, 0.15) is 49.3 Å². The van der Waals surface area contributed by atoms with Gasteiger partial charge in [0.1, 0.15) is 29.3 Å². The molecule has 7 nitrogen and oxygen atoms in total. The maximum atomic E-state index is 11.3. The van der Waals surface area contributed by atoms with Crippen molar-refractivity contribution in [2.75, 3.05) is 39.9 Å². The number of hydrogen-bond acceptors (Lipinski definition) is 8. The van der Waals surface area contributed by atoms with E-state index in [4.69, 9.17) is 24.1 Å². The summed E-state index contributed by atoms with van der Waals surface area (Å²) in [5.41, 5.74) is 13.0. The van der Waals surface area contributed by atoms with Gasteiger partial charge < -0.3 is 24.1 Å². The van der Waals surface area contributed by atoms with E-state index in [0.717, 1.165) is 102 Å². The Morgan fingerprint density at radius 1 is 0.525 bits per heavy atom. The molecule has 1 N–H and O–H groups in total. The number of fused-ring (bicyclic) bond motifs is 2. The van der Waals surface area contributed by atoms with Crippen molar-refractivity contribution in [2.24, 2.45) is 0 Å². The van der Waals surface area contributed by atoms with Crippen LogP contribution in [0.15, 0.2) is 149 Å². The lowest BCUT2D eigenvalue weighted by Crippen LogP contribution is -2.04. The zero-order valence-corrected chi connectivity index (χ0v) is 34.7. The van der Waals surface area contributed by atoms with Crippen LogP contribution in [0.25, 0.3) is 28.4 Å². The third kappa shape index (κ3) is 9.33. The van der Waals surface area contributed by atoms with Crippen LogP contribution in [0.5, 0.6) is 23.0 Å². The third-order valence-electron chi connectivity index (χ3n) is 10.0. The number of rotatable bonds is 11. The maximum Gasteiger partial charge on any atom is 0.328 e. The molecule has 0 aliphatic carbocycles. The summed E-state index contributed by atoms with van der Waals surface area (Å²) in [6.07, 6.45) is 3.67. The minimum atomic E-state index is -0.963. The molecular weight excluding hydrogens is 777 g/mol. The first-order valence-corrected chi connectivity index (χ1v) is 20.7. The molecule has 2 aliphatic heterocycles. The SMILES string of the molecule is COc1ccc(C2=C(c3cccc(/C=C/C(=O)O)c3)c3ccc(OC)cc3SC2)cc1.COc1ccc(C2=C(c3cccc(C=O)c3)c3ccc(OC)cc3SC2)cc1. The first kappa shape index (κ1) is 40.8. The van der Waals surface area contributed by atoms with Crippen LogP contribution in [0.2, 0.25) is 0 Å². The second-order valence-corrected chi connectivity index (χ2v) is 15.5. The van der Waals surface area contributed by atoms with Crippen LogP contribution < -0.4 is 18.9 Å². The molecule has 0 bridgehead atoms. The van der Waals surface area contributed by atoms with E-state index in [-0.39, 0.29) is 0 Å². The molecule has 0 unspecified atom stereocenters. The van der Waals surface area contributed by atoms with Gasteiger partial charge in [0.2, 0.25) is 0 Å². The standard InChI is InChI=1S/C26H22O4S.C24H20O3S/c1-29-20-9-7-18(8-10-20)23-16-31-24-15-21(30-2)11-12-22(24)26(23)19-5-3-4-17(14-19)6-13-25(27)28;1-26-19-8-6-17(7-9-19)22-15-28-23-13-20(27-2)10-11-21(23)24(22)18-5-3-4-16(12-18)14-25/h3-15H,16H2,1-2H3,(H,27,28);3-14H,15H2,1-2H3/b13-6+;. The summed E-state index contributed by atoms with van der Waals surface area (Å²) in [4.78, 5) is 24.6. The zero-order chi connectivity index (χ0) is 41.3. The maximum absolute atomic E-state index is 11.3.